The van der Waals surface area contributed by atoms with Gasteiger partial charge in [0.05, 0.1) is 19.9 Å². The molecule has 164 valence electrons. The van der Waals surface area contributed by atoms with E-state index in [-0.39, 0.29) is 17.0 Å². The van der Waals surface area contributed by atoms with E-state index in [0.717, 1.165) is 30.5 Å². The molecule has 1 N–H and O–H groups in total. The van der Waals surface area contributed by atoms with Gasteiger partial charge in [0.2, 0.25) is 0 Å². The minimum Gasteiger partial charge on any atom is -0.493 e. The van der Waals surface area contributed by atoms with Crippen molar-refractivity contribution in [2.45, 2.75) is 40.0 Å². The van der Waals surface area contributed by atoms with Crippen molar-refractivity contribution in [1.82, 2.24) is 10.1 Å². The van der Waals surface area contributed by atoms with E-state index in [1.807, 2.05) is 6.07 Å². The molecule has 0 unspecified atom stereocenters. The molecule has 1 aliphatic carbocycles. The second-order valence-corrected chi connectivity index (χ2v) is 9.88. The number of nitrogens with one attached hydrogen (secondary N) is 1. The van der Waals surface area contributed by atoms with Gasteiger partial charge in [-0.05, 0) is 48.8 Å². The van der Waals surface area contributed by atoms with Gasteiger partial charge in [-0.25, -0.2) is 4.98 Å². The third-order valence-electron chi connectivity index (χ3n) is 5.80. The first-order valence-electron chi connectivity index (χ1n) is 10.3. The molecule has 4 rings (SSSR count). The number of ether oxygens (including phenoxy) is 2. The van der Waals surface area contributed by atoms with Gasteiger partial charge in [0.1, 0.15) is 0 Å². The van der Waals surface area contributed by atoms with E-state index in [9.17, 15) is 4.79 Å². The summed E-state index contributed by atoms with van der Waals surface area (Å²) in [5.74, 6) is 1.95. The maximum absolute atomic E-state index is 12.7. The lowest BCUT2D eigenvalue weighted by atomic mass is 9.73. The van der Waals surface area contributed by atoms with Gasteiger partial charge in [-0.3, -0.25) is 10.1 Å². The third kappa shape index (κ3) is 4.44. The number of aryl methyl sites for hydroxylation is 1. The maximum atomic E-state index is 12.7. The third-order valence-corrected chi connectivity index (χ3v) is 6.83. The molecule has 31 heavy (non-hydrogen) atoms. The average Bonchev–Trinajstić information content (AvgIpc) is 3.38. The van der Waals surface area contributed by atoms with E-state index in [1.54, 1.807) is 43.8 Å². The van der Waals surface area contributed by atoms with E-state index in [0.29, 0.717) is 28.3 Å². The number of nitrogens with zero attached hydrogens (tertiary/aromatic N) is 2. The average molecular weight is 442 g/mol. The van der Waals surface area contributed by atoms with Crippen molar-refractivity contribution in [1.29, 1.82) is 0 Å². The first kappa shape index (κ1) is 21.4. The molecule has 0 bridgehead atoms. The zero-order valence-electron chi connectivity index (χ0n) is 18.4. The van der Waals surface area contributed by atoms with Crippen molar-refractivity contribution in [3.05, 3.63) is 40.5 Å². The van der Waals surface area contributed by atoms with Gasteiger partial charge in [0, 0.05) is 16.5 Å². The summed E-state index contributed by atoms with van der Waals surface area (Å²) in [5, 5.41) is 7.42. The van der Waals surface area contributed by atoms with Crippen molar-refractivity contribution in [3.8, 4) is 22.8 Å². The highest BCUT2D eigenvalue weighted by molar-refractivity contribution is 7.15. The molecule has 0 spiro atoms. The van der Waals surface area contributed by atoms with Crippen molar-refractivity contribution in [2.24, 2.45) is 11.3 Å². The predicted molar refractivity (Wildman–Crippen MR) is 120 cm³/mol. The minimum absolute atomic E-state index is 0.200. The molecule has 1 aliphatic rings. The molecule has 3 aromatic rings. The normalized spacial score (nSPS) is 16.0. The van der Waals surface area contributed by atoms with E-state index < -0.39 is 0 Å². The lowest BCUT2D eigenvalue weighted by Gasteiger charge is -2.33. The molecule has 0 fully saturated rings. The van der Waals surface area contributed by atoms with Gasteiger partial charge in [0.15, 0.2) is 28.1 Å². The number of rotatable bonds is 5. The van der Waals surface area contributed by atoms with Crippen LogP contribution in [-0.4, -0.2) is 30.3 Å². The van der Waals surface area contributed by atoms with Crippen LogP contribution in [0.2, 0.25) is 0 Å². The summed E-state index contributed by atoms with van der Waals surface area (Å²) in [4.78, 5) is 18.6. The minimum atomic E-state index is -0.339. The molecule has 2 heterocycles. The van der Waals surface area contributed by atoms with Crippen molar-refractivity contribution < 1.29 is 18.8 Å². The molecule has 0 aliphatic heterocycles. The number of hydrogen-bond acceptors (Lipinski definition) is 7. The van der Waals surface area contributed by atoms with Crippen molar-refractivity contribution in [3.63, 3.8) is 0 Å². The summed E-state index contributed by atoms with van der Waals surface area (Å²) < 4.78 is 16.0. The number of aromatic nitrogens is 2. The highest BCUT2D eigenvalue weighted by Gasteiger charge is 2.31. The Morgan fingerprint density at radius 1 is 1.19 bits per heavy atom. The smallest absolute Gasteiger partial charge is 0.279 e. The number of fused-ring (bicyclic) bond motifs is 1. The Bertz CT molecular complexity index is 1100. The van der Waals surface area contributed by atoms with Crippen LogP contribution in [0.1, 0.15) is 48.3 Å². The number of hydrogen-bond donors (Lipinski definition) is 1. The highest BCUT2D eigenvalue weighted by atomic mass is 32.1. The van der Waals surface area contributed by atoms with Gasteiger partial charge < -0.3 is 14.0 Å². The van der Waals surface area contributed by atoms with Gasteiger partial charge in [-0.2, -0.15) is 0 Å². The molecule has 0 radical (unpaired) electrons. The summed E-state index contributed by atoms with van der Waals surface area (Å²) in [5.41, 5.74) is 2.31. The Labute approximate surface area is 185 Å². The summed E-state index contributed by atoms with van der Waals surface area (Å²) >= 11 is 1.56. The van der Waals surface area contributed by atoms with Crippen LogP contribution in [0.5, 0.6) is 11.5 Å². The van der Waals surface area contributed by atoms with Crippen LogP contribution in [0.3, 0.4) is 0 Å². The molecule has 1 atom stereocenters. The number of carbonyl (C=O) groups excluding carboxylic acids is 1. The quantitative estimate of drug-likeness (QED) is 0.584. The van der Waals surface area contributed by atoms with Crippen molar-refractivity contribution >= 4 is 22.4 Å². The number of methoxy groups -OCH3 is 2. The topological polar surface area (TPSA) is 86.5 Å². The predicted octanol–water partition coefficient (Wildman–Crippen LogP) is 5.22. The number of benzene rings is 1. The molecule has 8 heteroatoms. The van der Waals surface area contributed by atoms with Crippen LogP contribution < -0.4 is 14.8 Å². The summed E-state index contributed by atoms with van der Waals surface area (Å²) in [6, 6.07) is 6.99. The molecule has 7 nitrogen and oxygen atoms in total. The van der Waals surface area contributed by atoms with E-state index >= 15 is 0 Å². The SMILES string of the molecule is COc1ccc(-c2cc(C(=O)Nc3nc4c(s3)C[C@H](C(C)(C)C)CC4)no2)cc1OC. The molecule has 2 aromatic heterocycles. The van der Waals surface area contributed by atoms with E-state index in [4.69, 9.17) is 14.0 Å². The van der Waals surface area contributed by atoms with Crippen LogP contribution >= 0.6 is 11.3 Å². The largest absolute Gasteiger partial charge is 0.493 e. The standard InChI is InChI=1S/C23H27N3O4S/c1-23(2,3)14-7-8-15-20(11-14)31-22(24-15)25-21(27)16-12-18(30-26-16)13-6-9-17(28-4)19(10-13)29-5/h6,9-10,12,14H,7-8,11H2,1-5H3,(H,24,25,27)/t14-/m1/s1. The molecular formula is C23H27N3O4S. The fraction of sp³-hybridized carbons (Fsp3) is 0.435. The molecular weight excluding hydrogens is 414 g/mol. The first-order valence-corrected chi connectivity index (χ1v) is 11.1. The van der Waals surface area contributed by atoms with Crippen LogP contribution in [0, 0.1) is 11.3 Å². The fourth-order valence-electron chi connectivity index (χ4n) is 3.84. The molecule has 1 aromatic carbocycles. The summed E-state index contributed by atoms with van der Waals surface area (Å²) in [6.45, 7) is 6.85. The monoisotopic (exact) mass is 441 g/mol. The number of amides is 1. The maximum Gasteiger partial charge on any atom is 0.279 e. The van der Waals surface area contributed by atoms with Gasteiger partial charge >= 0.3 is 0 Å². The highest BCUT2D eigenvalue weighted by Crippen LogP contribution is 2.40. The lowest BCUT2D eigenvalue weighted by molar-refractivity contribution is 0.101. The Hall–Kier alpha value is -2.87. The lowest BCUT2D eigenvalue weighted by Crippen LogP contribution is -2.26. The Morgan fingerprint density at radius 3 is 2.68 bits per heavy atom. The van der Waals surface area contributed by atoms with Gasteiger partial charge in [-0.1, -0.05) is 25.9 Å². The van der Waals surface area contributed by atoms with E-state index in [2.05, 4.69) is 36.2 Å². The zero-order chi connectivity index (χ0) is 22.2. The summed E-state index contributed by atoms with van der Waals surface area (Å²) in [7, 11) is 3.15. The Morgan fingerprint density at radius 2 is 1.97 bits per heavy atom. The number of carbonyl (C=O) groups is 1. The Kier molecular flexibility index (Phi) is 5.75. The summed E-state index contributed by atoms with van der Waals surface area (Å²) in [6.07, 6.45) is 3.10. The van der Waals surface area contributed by atoms with Crippen LogP contribution in [-0.2, 0) is 12.8 Å². The van der Waals surface area contributed by atoms with Crippen molar-refractivity contribution in [2.75, 3.05) is 19.5 Å². The van der Waals surface area contributed by atoms with E-state index in [1.165, 1.54) is 4.88 Å². The second kappa shape index (κ2) is 8.34. The number of anilines is 1. The van der Waals surface area contributed by atoms with Crippen LogP contribution in [0.15, 0.2) is 28.8 Å². The molecule has 0 saturated carbocycles. The number of thiazole rings is 1. The fourth-order valence-corrected chi connectivity index (χ4v) is 4.92. The van der Waals surface area contributed by atoms with Crippen LogP contribution in [0.4, 0.5) is 5.13 Å². The van der Waals surface area contributed by atoms with Gasteiger partial charge in [0.25, 0.3) is 5.91 Å². The first-order chi connectivity index (χ1) is 14.8. The molecule has 1 amide bonds. The Balaban J connectivity index is 1.48. The zero-order valence-corrected chi connectivity index (χ0v) is 19.3. The second-order valence-electron chi connectivity index (χ2n) is 8.79. The van der Waals surface area contributed by atoms with Crippen LogP contribution in [0.25, 0.3) is 11.3 Å². The van der Waals surface area contributed by atoms with Gasteiger partial charge in [-0.15, -0.1) is 11.3 Å². The molecule has 0 saturated heterocycles.